The molecule has 1 aromatic carbocycles. The first kappa shape index (κ1) is 13.9. The lowest BCUT2D eigenvalue weighted by atomic mass is 9.93. The molecule has 0 spiro atoms. The molecule has 2 nitrogen and oxygen atoms in total. The van der Waals surface area contributed by atoms with Gasteiger partial charge in [0.2, 0.25) is 0 Å². The number of nitrogens with one attached hydrogen (secondary N) is 1. The van der Waals surface area contributed by atoms with E-state index in [0.717, 1.165) is 24.6 Å². The molecule has 1 heterocycles. The van der Waals surface area contributed by atoms with Crippen LogP contribution in [0, 0.1) is 5.92 Å². The predicted molar refractivity (Wildman–Crippen MR) is 83.2 cm³/mol. The molecule has 1 fully saturated rings. The van der Waals surface area contributed by atoms with Gasteiger partial charge in [0.05, 0.1) is 0 Å². The molecule has 1 aromatic rings. The average molecular weight is 273 g/mol. The third-order valence-electron chi connectivity index (χ3n) is 4.99. The van der Waals surface area contributed by atoms with Crippen LogP contribution in [0.3, 0.4) is 0 Å². The molecule has 0 saturated heterocycles. The highest BCUT2D eigenvalue weighted by Crippen LogP contribution is 2.28. The van der Waals surface area contributed by atoms with E-state index in [4.69, 9.17) is 4.74 Å². The Morgan fingerprint density at radius 1 is 1.15 bits per heavy atom. The van der Waals surface area contributed by atoms with Gasteiger partial charge in [-0.25, -0.2) is 0 Å². The van der Waals surface area contributed by atoms with Crippen molar-refractivity contribution in [1.82, 2.24) is 5.32 Å². The lowest BCUT2D eigenvalue weighted by Crippen LogP contribution is -2.39. The van der Waals surface area contributed by atoms with Crippen LogP contribution < -0.4 is 10.1 Å². The Hall–Kier alpha value is -1.02. The van der Waals surface area contributed by atoms with Crippen molar-refractivity contribution in [2.45, 2.75) is 64.0 Å². The van der Waals surface area contributed by atoms with E-state index < -0.39 is 0 Å². The lowest BCUT2D eigenvalue weighted by molar-refractivity contribution is 0.211. The summed E-state index contributed by atoms with van der Waals surface area (Å²) in [6.45, 7) is 3.34. The van der Waals surface area contributed by atoms with Crippen LogP contribution in [0.15, 0.2) is 24.3 Å². The summed E-state index contributed by atoms with van der Waals surface area (Å²) in [5.74, 6) is 1.95. The molecule has 2 heteroatoms. The number of ether oxygens (including phenoxy) is 1. The first-order valence-corrected chi connectivity index (χ1v) is 8.31. The average Bonchev–Trinajstić information content (AvgIpc) is 2.69. The van der Waals surface area contributed by atoms with Gasteiger partial charge in [-0.2, -0.15) is 0 Å². The van der Waals surface area contributed by atoms with Crippen molar-refractivity contribution in [2.24, 2.45) is 5.92 Å². The van der Waals surface area contributed by atoms with Gasteiger partial charge in [0.1, 0.15) is 11.9 Å². The van der Waals surface area contributed by atoms with Gasteiger partial charge in [-0.15, -0.1) is 0 Å². The minimum Gasteiger partial charge on any atom is -0.488 e. The van der Waals surface area contributed by atoms with Gasteiger partial charge in [0.15, 0.2) is 0 Å². The normalized spacial score (nSPS) is 24.8. The third kappa shape index (κ3) is 3.35. The molecule has 0 bridgehead atoms. The standard InChI is InChI=1S/C18H27NO/c1-14(15-8-4-2-3-5-9-15)19-13-17-12-16-10-6-7-11-18(16)20-17/h6-7,10-11,14-15,17,19H,2-5,8-9,12-13H2,1H3/t14-,17?/m0/s1. The Morgan fingerprint density at radius 3 is 2.65 bits per heavy atom. The fourth-order valence-corrected chi connectivity index (χ4v) is 3.66. The fraction of sp³-hybridized carbons (Fsp3) is 0.667. The smallest absolute Gasteiger partial charge is 0.123 e. The van der Waals surface area contributed by atoms with Crippen LogP contribution in [0.2, 0.25) is 0 Å². The summed E-state index contributed by atoms with van der Waals surface area (Å²) < 4.78 is 6.01. The lowest BCUT2D eigenvalue weighted by Gasteiger charge is -2.25. The molecule has 0 radical (unpaired) electrons. The maximum atomic E-state index is 6.01. The molecule has 1 saturated carbocycles. The topological polar surface area (TPSA) is 21.3 Å². The highest BCUT2D eigenvalue weighted by molar-refractivity contribution is 5.37. The summed E-state index contributed by atoms with van der Waals surface area (Å²) in [6.07, 6.45) is 9.89. The van der Waals surface area contributed by atoms with Crippen LogP contribution in [-0.4, -0.2) is 18.7 Å². The number of hydrogen-bond acceptors (Lipinski definition) is 2. The van der Waals surface area contributed by atoms with E-state index >= 15 is 0 Å². The molecule has 0 amide bonds. The Balaban J connectivity index is 1.46. The van der Waals surface area contributed by atoms with Gasteiger partial charge in [0.25, 0.3) is 0 Å². The van der Waals surface area contributed by atoms with Crippen LogP contribution in [0.5, 0.6) is 5.75 Å². The van der Waals surface area contributed by atoms with Crippen LogP contribution in [0.1, 0.15) is 51.0 Å². The molecule has 2 aliphatic rings. The van der Waals surface area contributed by atoms with Gasteiger partial charge in [-0.3, -0.25) is 0 Å². The van der Waals surface area contributed by atoms with Crippen molar-refractivity contribution in [2.75, 3.05) is 6.54 Å². The quantitative estimate of drug-likeness (QED) is 0.839. The predicted octanol–water partition coefficient (Wildman–Crippen LogP) is 3.94. The summed E-state index contributed by atoms with van der Waals surface area (Å²) in [6, 6.07) is 9.06. The molecular formula is C18H27NO. The second kappa shape index (κ2) is 6.62. The second-order valence-electron chi connectivity index (χ2n) is 6.50. The van der Waals surface area contributed by atoms with Crippen LogP contribution in [-0.2, 0) is 6.42 Å². The molecule has 2 atom stereocenters. The maximum Gasteiger partial charge on any atom is 0.123 e. The van der Waals surface area contributed by atoms with E-state index in [1.54, 1.807) is 0 Å². The van der Waals surface area contributed by atoms with Crippen molar-refractivity contribution in [3.63, 3.8) is 0 Å². The van der Waals surface area contributed by atoms with Gasteiger partial charge < -0.3 is 10.1 Å². The minimum atomic E-state index is 0.320. The van der Waals surface area contributed by atoms with Crippen molar-refractivity contribution >= 4 is 0 Å². The maximum absolute atomic E-state index is 6.01. The van der Waals surface area contributed by atoms with Gasteiger partial charge in [-0.1, -0.05) is 43.9 Å². The molecule has 3 rings (SSSR count). The SMILES string of the molecule is C[C@H](NCC1Cc2ccccc2O1)C1CCCCCC1. The monoisotopic (exact) mass is 273 g/mol. The Bertz CT molecular complexity index is 398. The zero-order valence-electron chi connectivity index (χ0n) is 12.6. The van der Waals surface area contributed by atoms with Crippen molar-refractivity contribution < 1.29 is 4.74 Å². The summed E-state index contributed by atoms with van der Waals surface area (Å²) in [5.41, 5.74) is 1.36. The van der Waals surface area contributed by atoms with E-state index in [0.29, 0.717) is 12.1 Å². The van der Waals surface area contributed by atoms with Crippen LogP contribution >= 0.6 is 0 Å². The molecule has 20 heavy (non-hydrogen) atoms. The van der Waals surface area contributed by atoms with E-state index in [1.807, 2.05) is 0 Å². The second-order valence-corrected chi connectivity index (χ2v) is 6.50. The molecule has 110 valence electrons. The summed E-state index contributed by atoms with van der Waals surface area (Å²) in [5, 5.41) is 3.73. The van der Waals surface area contributed by atoms with E-state index in [9.17, 15) is 0 Å². The Labute approximate surface area is 122 Å². The minimum absolute atomic E-state index is 0.320. The largest absolute Gasteiger partial charge is 0.488 e. The number of fused-ring (bicyclic) bond motifs is 1. The first-order valence-electron chi connectivity index (χ1n) is 8.31. The van der Waals surface area contributed by atoms with E-state index in [2.05, 4.69) is 36.5 Å². The molecule has 1 aliphatic carbocycles. The molecular weight excluding hydrogens is 246 g/mol. The van der Waals surface area contributed by atoms with E-state index in [1.165, 1.54) is 44.1 Å². The molecule has 1 unspecified atom stereocenters. The van der Waals surface area contributed by atoms with E-state index in [-0.39, 0.29) is 0 Å². The van der Waals surface area contributed by atoms with Gasteiger partial charge in [-0.05, 0) is 37.3 Å². The third-order valence-corrected chi connectivity index (χ3v) is 4.99. The summed E-state index contributed by atoms with van der Waals surface area (Å²) >= 11 is 0. The number of benzene rings is 1. The fourth-order valence-electron chi connectivity index (χ4n) is 3.66. The zero-order chi connectivity index (χ0) is 13.8. The molecule has 0 aromatic heterocycles. The number of rotatable bonds is 4. The Morgan fingerprint density at radius 2 is 1.90 bits per heavy atom. The number of hydrogen-bond donors (Lipinski definition) is 1. The highest BCUT2D eigenvalue weighted by atomic mass is 16.5. The van der Waals surface area contributed by atoms with Crippen molar-refractivity contribution in [3.05, 3.63) is 29.8 Å². The molecule has 1 aliphatic heterocycles. The van der Waals surface area contributed by atoms with Crippen molar-refractivity contribution in [3.8, 4) is 5.75 Å². The highest BCUT2D eigenvalue weighted by Gasteiger charge is 2.24. The summed E-state index contributed by atoms with van der Waals surface area (Å²) in [4.78, 5) is 0. The van der Waals surface area contributed by atoms with Crippen LogP contribution in [0.25, 0.3) is 0 Å². The first-order chi connectivity index (χ1) is 9.83. The summed E-state index contributed by atoms with van der Waals surface area (Å²) in [7, 11) is 0. The number of para-hydroxylation sites is 1. The van der Waals surface area contributed by atoms with Gasteiger partial charge in [0, 0.05) is 19.0 Å². The van der Waals surface area contributed by atoms with Crippen molar-refractivity contribution in [1.29, 1.82) is 0 Å². The zero-order valence-corrected chi connectivity index (χ0v) is 12.6. The van der Waals surface area contributed by atoms with Gasteiger partial charge >= 0.3 is 0 Å². The Kier molecular flexibility index (Phi) is 4.62. The molecule has 1 N–H and O–H groups in total. The van der Waals surface area contributed by atoms with Crippen LogP contribution in [0.4, 0.5) is 0 Å².